The Hall–Kier alpha value is -0.600. The molecule has 11 heavy (non-hydrogen) atoms. The lowest BCUT2D eigenvalue weighted by Gasteiger charge is -2.22. The summed E-state index contributed by atoms with van der Waals surface area (Å²) in [5.74, 6) is 0. The van der Waals surface area contributed by atoms with E-state index >= 15 is 0 Å². The van der Waals surface area contributed by atoms with Gasteiger partial charge in [-0.3, -0.25) is 0 Å². The Morgan fingerprint density at radius 1 is 1.18 bits per heavy atom. The molecular formula is C9H14O2. The van der Waals surface area contributed by atoms with E-state index < -0.39 is 0 Å². The highest BCUT2D eigenvalue weighted by atomic mass is 16.5. The lowest BCUT2D eigenvalue weighted by Crippen LogP contribution is -2.28. The van der Waals surface area contributed by atoms with Gasteiger partial charge in [0.1, 0.15) is 12.2 Å². The summed E-state index contributed by atoms with van der Waals surface area (Å²) < 4.78 is 10.6. The zero-order valence-electron chi connectivity index (χ0n) is 6.99. The van der Waals surface area contributed by atoms with Gasteiger partial charge in [0.25, 0.3) is 0 Å². The van der Waals surface area contributed by atoms with Crippen LogP contribution in [0, 0.1) is 0 Å². The van der Waals surface area contributed by atoms with Gasteiger partial charge in [-0.05, 0) is 6.92 Å². The van der Waals surface area contributed by atoms with Crippen LogP contribution in [0.2, 0.25) is 0 Å². The molecule has 1 aliphatic rings. The van der Waals surface area contributed by atoms with Crippen LogP contribution in [-0.2, 0) is 9.47 Å². The first-order valence-corrected chi connectivity index (χ1v) is 3.88. The monoisotopic (exact) mass is 154 g/mol. The predicted molar refractivity (Wildman–Crippen MR) is 44.5 cm³/mol. The number of allylic oxidation sites excluding steroid dienone is 2. The minimum absolute atomic E-state index is 0.0833. The quantitative estimate of drug-likeness (QED) is 0.613. The molecule has 0 amide bonds. The molecule has 2 atom stereocenters. The van der Waals surface area contributed by atoms with Crippen molar-refractivity contribution in [3.8, 4) is 0 Å². The molecule has 0 heterocycles. The third kappa shape index (κ3) is 2.17. The van der Waals surface area contributed by atoms with Gasteiger partial charge in [0, 0.05) is 13.7 Å². The van der Waals surface area contributed by atoms with E-state index in [1.54, 1.807) is 7.11 Å². The van der Waals surface area contributed by atoms with Crippen LogP contribution in [0.15, 0.2) is 24.3 Å². The highest BCUT2D eigenvalue weighted by Gasteiger charge is 2.17. The minimum Gasteiger partial charge on any atom is -0.374 e. The lowest BCUT2D eigenvalue weighted by molar-refractivity contribution is -0.00566. The van der Waals surface area contributed by atoms with Gasteiger partial charge in [-0.15, -0.1) is 0 Å². The summed E-state index contributed by atoms with van der Waals surface area (Å²) in [7, 11) is 1.69. The summed E-state index contributed by atoms with van der Waals surface area (Å²) in [6.07, 6.45) is 8.15. The van der Waals surface area contributed by atoms with E-state index in [0.29, 0.717) is 0 Å². The van der Waals surface area contributed by atoms with E-state index in [1.807, 2.05) is 31.2 Å². The fourth-order valence-corrected chi connectivity index (χ4v) is 1.12. The molecule has 0 aromatic carbocycles. The largest absolute Gasteiger partial charge is 0.374 e. The maximum Gasteiger partial charge on any atom is 0.106 e. The SMILES string of the molecule is CCOC1C=CC=CC1OC. The average Bonchev–Trinajstić information content (AvgIpc) is 2.06. The molecule has 0 aromatic rings. The number of methoxy groups -OCH3 is 1. The van der Waals surface area contributed by atoms with Crippen molar-refractivity contribution in [3.63, 3.8) is 0 Å². The summed E-state index contributed by atoms with van der Waals surface area (Å²) in [5.41, 5.74) is 0. The van der Waals surface area contributed by atoms with Crippen LogP contribution < -0.4 is 0 Å². The van der Waals surface area contributed by atoms with Gasteiger partial charge in [0.05, 0.1) is 0 Å². The van der Waals surface area contributed by atoms with E-state index in [4.69, 9.17) is 9.47 Å². The Bertz CT molecular complexity index is 161. The van der Waals surface area contributed by atoms with Crippen LogP contribution in [0.5, 0.6) is 0 Å². The fraction of sp³-hybridized carbons (Fsp3) is 0.556. The predicted octanol–water partition coefficient (Wildman–Crippen LogP) is 1.53. The molecule has 2 nitrogen and oxygen atoms in total. The van der Waals surface area contributed by atoms with E-state index in [-0.39, 0.29) is 12.2 Å². The van der Waals surface area contributed by atoms with Crippen LogP contribution in [0.3, 0.4) is 0 Å². The van der Waals surface area contributed by atoms with Crippen molar-refractivity contribution in [1.82, 2.24) is 0 Å². The van der Waals surface area contributed by atoms with Crippen LogP contribution in [0.25, 0.3) is 0 Å². The number of hydrogen-bond acceptors (Lipinski definition) is 2. The Morgan fingerprint density at radius 3 is 2.36 bits per heavy atom. The molecule has 1 rings (SSSR count). The molecule has 0 radical (unpaired) electrons. The lowest BCUT2D eigenvalue weighted by atomic mass is 10.1. The van der Waals surface area contributed by atoms with Crippen LogP contribution >= 0.6 is 0 Å². The summed E-state index contributed by atoms with van der Waals surface area (Å²) in [6, 6.07) is 0. The van der Waals surface area contributed by atoms with Gasteiger partial charge in [-0.1, -0.05) is 24.3 Å². The number of hydrogen-bond donors (Lipinski definition) is 0. The summed E-state index contributed by atoms with van der Waals surface area (Å²) in [5, 5.41) is 0. The molecule has 0 saturated heterocycles. The van der Waals surface area contributed by atoms with Gasteiger partial charge in [-0.25, -0.2) is 0 Å². The Labute approximate surface area is 67.5 Å². The van der Waals surface area contributed by atoms with Crippen molar-refractivity contribution < 1.29 is 9.47 Å². The summed E-state index contributed by atoms with van der Waals surface area (Å²) in [4.78, 5) is 0. The normalized spacial score (nSPS) is 29.3. The number of rotatable bonds is 3. The fourth-order valence-electron chi connectivity index (χ4n) is 1.12. The van der Waals surface area contributed by atoms with Crippen molar-refractivity contribution in [2.45, 2.75) is 19.1 Å². The number of ether oxygens (including phenoxy) is 2. The maximum absolute atomic E-state index is 5.42. The van der Waals surface area contributed by atoms with Gasteiger partial charge in [0.15, 0.2) is 0 Å². The highest BCUT2D eigenvalue weighted by Crippen LogP contribution is 2.11. The minimum atomic E-state index is 0.0833. The molecule has 0 spiro atoms. The molecule has 0 bridgehead atoms. The molecule has 1 aliphatic carbocycles. The third-order valence-electron chi connectivity index (χ3n) is 1.67. The molecule has 2 heteroatoms. The standard InChI is InChI=1S/C9H14O2/c1-3-11-9-7-5-4-6-8(9)10-2/h4-9H,3H2,1-2H3. The maximum atomic E-state index is 5.42. The first kappa shape index (κ1) is 8.50. The molecule has 0 aliphatic heterocycles. The average molecular weight is 154 g/mol. The van der Waals surface area contributed by atoms with Gasteiger partial charge in [-0.2, -0.15) is 0 Å². The summed E-state index contributed by atoms with van der Waals surface area (Å²) in [6.45, 7) is 2.71. The van der Waals surface area contributed by atoms with E-state index in [9.17, 15) is 0 Å². The first-order valence-electron chi connectivity index (χ1n) is 3.88. The van der Waals surface area contributed by atoms with Crippen LogP contribution in [0.1, 0.15) is 6.92 Å². The van der Waals surface area contributed by atoms with E-state index in [1.165, 1.54) is 0 Å². The zero-order chi connectivity index (χ0) is 8.10. The molecule has 0 saturated carbocycles. The van der Waals surface area contributed by atoms with Gasteiger partial charge in [0.2, 0.25) is 0 Å². The van der Waals surface area contributed by atoms with Crippen molar-refractivity contribution >= 4 is 0 Å². The Morgan fingerprint density at radius 2 is 1.82 bits per heavy atom. The Kier molecular flexibility index (Phi) is 3.33. The highest BCUT2D eigenvalue weighted by molar-refractivity contribution is 5.16. The summed E-state index contributed by atoms with van der Waals surface area (Å²) >= 11 is 0. The smallest absolute Gasteiger partial charge is 0.106 e. The second kappa shape index (κ2) is 4.31. The van der Waals surface area contributed by atoms with Crippen molar-refractivity contribution in [1.29, 1.82) is 0 Å². The molecule has 0 N–H and O–H groups in total. The topological polar surface area (TPSA) is 18.5 Å². The second-order valence-corrected chi connectivity index (χ2v) is 2.39. The van der Waals surface area contributed by atoms with E-state index in [0.717, 1.165) is 6.61 Å². The van der Waals surface area contributed by atoms with Crippen LogP contribution in [-0.4, -0.2) is 25.9 Å². The van der Waals surface area contributed by atoms with Crippen molar-refractivity contribution in [2.75, 3.05) is 13.7 Å². The second-order valence-electron chi connectivity index (χ2n) is 2.39. The zero-order valence-corrected chi connectivity index (χ0v) is 6.99. The molecule has 0 fully saturated rings. The van der Waals surface area contributed by atoms with Crippen molar-refractivity contribution in [3.05, 3.63) is 24.3 Å². The molecular weight excluding hydrogens is 140 g/mol. The van der Waals surface area contributed by atoms with Gasteiger partial charge < -0.3 is 9.47 Å². The van der Waals surface area contributed by atoms with Crippen LogP contribution in [0.4, 0.5) is 0 Å². The van der Waals surface area contributed by atoms with Crippen molar-refractivity contribution in [2.24, 2.45) is 0 Å². The Balaban J connectivity index is 2.48. The van der Waals surface area contributed by atoms with Gasteiger partial charge >= 0.3 is 0 Å². The molecule has 62 valence electrons. The first-order chi connectivity index (χ1) is 5.38. The van der Waals surface area contributed by atoms with E-state index in [2.05, 4.69) is 0 Å². The third-order valence-corrected chi connectivity index (χ3v) is 1.67. The molecule has 2 unspecified atom stereocenters. The molecule has 0 aromatic heterocycles.